The van der Waals surface area contributed by atoms with Gasteiger partial charge in [0.05, 0.1) is 6.33 Å². The number of aromatic amines is 1. The van der Waals surface area contributed by atoms with Crippen molar-refractivity contribution in [2.45, 2.75) is 6.42 Å². The van der Waals surface area contributed by atoms with Crippen molar-refractivity contribution in [3.05, 3.63) is 30.9 Å². The highest BCUT2D eigenvalue weighted by atomic mass is 15.1. The number of imidazole rings is 2. The number of nitrogens with one attached hydrogen (secondary N) is 2. The first-order chi connectivity index (χ1) is 8.84. The Labute approximate surface area is 103 Å². The van der Waals surface area contributed by atoms with Crippen molar-refractivity contribution in [2.24, 2.45) is 7.05 Å². The zero-order valence-corrected chi connectivity index (χ0v) is 9.96. The second-order valence-corrected chi connectivity index (χ2v) is 3.95. The molecule has 18 heavy (non-hydrogen) atoms. The van der Waals surface area contributed by atoms with Gasteiger partial charge in [-0.1, -0.05) is 0 Å². The Hall–Kier alpha value is -2.44. The third kappa shape index (κ3) is 1.90. The number of anilines is 1. The van der Waals surface area contributed by atoms with Crippen LogP contribution in [0.1, 0.15) is 5.82 Å². The minimum atomic E-state index is 0.671. The molecule has 0 aromatic carbocycles. The molecule has 3 rings (SSSR count). The lowest BCUT2D eigenvalue weighted by Gasteiger charge is -2.05. The van der Waals surface area contributed by atoms with Gasteiger partial charge in [0.15, 0.2) is 11.5 Å². The summed E-state index contributed by atoms with van der Waals surface area (Å²) in [6.07, 6.45) is 7.69. The molecule has 0 saturated carbocycles. The fourth-order valence-electron chi connectivity index (χ4n) is 1.83. The standard InChI is InChI=1S/C11H13N7/c1-18-5-4-12-8(18)2-3-13-10-9-11(15-6-14-9)17-7-16-10/h4-7H,2-3H2,1H3,(H2,13,14,15,16,17). The van der Waals surface area contributed by atoms with Crippen LogP contribution in [-0.2, 0) is 13.5 Å². The molecule has 0 unspecified atom stereocenters. The number of aromatic nitrogens is 6. The Morgan fingerprint density at radius 1 is 1.28 bits per heavy atom. The fraction of sp³-hybridized carbons (Fsp3) is 0.273. The highest BCUT2D eigenvalue weighted by molar-refractivity contribution is 5.81. The van der Waals surface area contributed by atoms with Crippen LogP contribution in [0, 0.1) is 0 Å². The molecule has 0 bridgehead atoms. The van der Waals surface area contributed by atoms with Crippen LogP contribution in [0.3, 0.4) is 0 Å². The average molecular weight is 243 g/mol. The van der Waals surface area contributed by atoms with Gasteiger partial charge in [-0.15, -0.1) is 0 Å². The molecule has 92 valence electrons. The molecule has 3 aromatic rings. The van der Waals surface area contributed by atoms with Gasteiger partial charge >= 0.3 is 0 Å². The van der Waals surface area contributed by atoms with Crippen molar-refractivity contribution in [3.8, 4) is 0 Å². The van der Waals surface area contributed by atoms with E-state index in [1.165, 1.54) is 6.33 Å². The van der Waals surface area contributed by atoms with E-state index in [0.29, 0.717) is 5.65 Å². The zero-order chi connectivity index (χ0) is 12.4. The van der Waals surface area contributed by atoms with E-state index in [4.69, 9.17) is 0 Å². The van der Waals surface area contributed by atoms with E-state index in [-0.39, 0.29) is 0 Å². The maximum atomic E-state index is 4.27. The van der Waals surface area contributed by atoms with Crippen molar-refractivity contribution in [3.63, 3.8) is 0 Å². The molecule has 0 aliphatic carbocycles. The summed E-state index contributed by atoms with van der Waals surface area (Å²) in [6, 6.07) is 0. The molecular weight excluding hydrogens is 230 g/mol. The molecule has 0 aliphatic rings. The smallest absolute Gasteiger partial charge is 0.182 e. The summed E-state index contributed by atoms with van der Waals surface area (Å²) >= 11 is 0. The normalized spacial score (nSPS) is 10.9. The van der Waals surface area contributed by atoms with Crippen LogP contribution >= 0.6 is 0 Å². The molecule has 2 N–H and O–H groups in total. The van der Waals surface area contributed by atoms with Crippen LogP contribution in [0.2, 0.25) is 0 Å². The lowest BCUT2D eigenvalue weighted by Crippen LogP contribution is -2.10. The summed E-state index contributed by atoms with van der Waals surface area (Å²) in [5.41, 5.74) is 1.50. The van der Waals surface area contributed by atoms with Crippen LogP contribution in [0.5, 0.6) is 0 Å². The molecule has 7 nitrogen and oxygen atoms in total. The van der Waals surface area contributed by atoms with Crippen LogP contribution in [-0.4, -0.2) is 36.0 Å². The summed E-state index contributed by atoms with van der Waals surface area (Å²) in [6.45, 7) is 0.760. The Balaban J connectivity index is 1.70. The number of aryl methyl sites for hydroxylation is 1. The number of H-pyrrole nitrogens is 1. The molecule has 0 saturated heterocycles. The second-order valence-electron chi connectivity index (χ2n) is 3.95. The van der Waals surface area contributed by atoms with Gasteiger partial charge in [-0.25, -0.2) is 19.9 Å². The number of hydrogen-bond donors (Lipinski definition) is 2. The number of nitrogens with zero attached hydrogens (tertiary/aromatic N) is 5. The SMILES string of the molecule is Cn1ccnc1CCNc1ncnc2nc[nH]c12. The molecule has 0 amide bonds. The van der Waals surface area contributed by atoms with E-state index in [1.54, 1.807) is 12.5 Å². The van der Waals surface area contributed by atoms with Crippen molar-refractivity contribution in [1.29, 1.82) is 0 Å². The van der Waals surface area contributed by atoms with E-state index in [9.17, 15) is 0 Å². The lowest BCUT2D eigenvalue weighted by molar-refractivity contribution is 0.788. The van der Waals surface area contributed by atoms with Gasteiger partial charge in [-0.3, -0.25) is 0 Å². The van der Waals surface area contributed by atoms with E-state index in [2.05, 4.69) is 30.2 Å². The molecule has 0 fully saturated rings. The van der Waals surface area contributed by atoms with Gasteiger partial charge in [0, 0.05) is 32.4 Å². The third-order valence-corrected chi connectivity index (χ3v) is 2.79. The van der Waals surface area contributed by atoms with Crippen LogP contribution < -0.4 is 5.32 Å². The summed E-state index contributed by atoms with van der Waals surface area (Å²) in [7, 11) is 1.99. The van der Waals surface area contributed by atoms with Crippen molar-refractivity contribution in [1.82, 2.24) is 29.5 Å². The van der Waals surface area contributed by atoms with Crippen molar-refractivity contribution >= 4 is 17.0 Å². The number of rotatable bonds is 4. The van der Waals surface area contributed by atoms with Gasteiger partial charge in [-0.05, 0) is 0 Å². The Kier molecular flexibility index (Phi) is 2.64. The molecule has 0 atom stereocenters. The summed E-state index contributed by atoms with van der Waals surface area (Å²) in [5.74, 6) is 1.81. The first kappa shape index (κ1) is 10.7. The Morgan fingerprint density at radius 2 is 2.22 bits per heavy atom. The molecule has 3 heterocycles. The van der Waals surface area contributed by atoms with Crippen LogP contribution in [0.15, 0.2) is 25.0 Å². The third-order valence-electron chi connectivity index (χ3n) is 2.79. The summed E-state index contributed by atoms with van der Waals surface area (Å²) in [5, 5.41) is 3.26. The highest BCUT2D eigenvalue weighted by Gasteiger charge is 2.05. The van der Waals surface area contributed by atoms with Gasteiger partial charge in [0.2, 0.25) is 0 Å². The van der Waals surface area contributed by atoms with Gasteiger partial charge < -0.3 is 14.9 Å². The highest BCUT2D eigenvalue weighted by Crippen LogP contribution is 2.13. The fourth-order valence-corrected chi connectivity index (χ4v) is 1.83. The van der Waals surface area contributed by atoms with E-state index < -0.39 is 0 Å². The first-order valence-corrected chi connectivity index (χ1v) is 5.69. The Morgan fingerprint density at radius 3 is 3.06 bits per heavy atom. The first-order valence-electron chi connectivity index (χ1n) is 5.69. The van der Waals surface area contributed by atoms with Crippen molar-refractivity contribution in [2.75, 3.05) is 11.9 Å². The summed E-state index contributed by atoms with van der Waals surface area (Å²) in [4.78, 5) is 19.6. The van der Waals surface area contributed by atoms with Gasteiger partial charge in [0.1, 0.15) is 17.7 Å². The zero-order valence-electron chi connectivity index (χ0n) is 9.96. The maximum absolute atomic E-state index is 4.27. The molecule has 0 aliphatic heterocycles. The quantitative estimate of drug-likeness (QED) is 0.706. The predicted molar refractivity (Wildman–Crippen MR) is 67.1 cm³/mol. The van der Waals surface area contributed by atoms with Gasteiger partial charge in [-0.2, -0.15) is 0 Å². The summed E-state index contributed by atoms with van der Waals surface area (Å²) < 4.78 is 2.01. The molecule has 7 heteroatoms. The van der Waals surface area contributed by atoms with Crippen LogP contribution in [0.4, 0.5) is 5.82 Å². The maximum Gasteiger partial charge on any atom is 0.182 e. The number of hydrogen-bond acceptors (Lipinski definition) is 5. The number of fused-ring (bicyclic) bond motifs is 1. The lowest BCUT2D eigenvalue weighted by atomic mass is 10.4. The predicted octanol–water partition coefficient (Wildman–Crippen LogP) is 0.741. The topological polar surface area (TPSA) is 84.3 Å². The molecule has 3 aromatic heterocycles. The minimum absolute atomic E-state index is 0.671. The van der Waals surface area contributed by atoms with E-state index in [1.807, 2.05) is 17.8 Å². The minimum Gasteiger partial charge on any atom is -0.368 e. The average Bonchev–Trinajstić information content (AvgIpc) is 2.99. The van der Waals surface area contributed by atoms with E-state index >= 15 is 0 Å². The molecular formula is C11H13N7. The van der Waals surface area contributed by atoms with Gasteiger partial charge in [0.25, 0.3) is 0 Å². The van der Waals surface area contributed by atoms with E-state index in [0.717, 1.165) is 30.1 Å². The monoisotopic (exact) mass is 243 g/mol. The second kappa shape index (κ2) is 4.44. The molecule has 0 spiro atoms. The van der Waals surface area contributed by atoms with Crippen molar-refractivity contribution < 1.29 is 0 Å². The van der Waals surface area contributed by atoms with Crippen LogP contribution in [0.25, 0.3) is 11.2 Å². The Bertz CT molecular complexity index is 654. The molecule has 0 radical (unpaired) electrons. The largest absolute Gasteiger partial charge is 0.368 e.